The van der Waals surface area contributed by atoms with Gasteiger partial charge in [0.2, 0.25) is 0 Å². The minimum Gasteiger partial charge on any atom is -0.300 e. The van der Waals surface area contributed by atoms with Crippen molar-refractivity contribution in [1.29, 1.82) is 0 Å². The second-order valence-corrected chi connectivity index (χ2v) is 2.99. The fourth-order valence-corrected chi connectivity index (χ4v) is 1.06. The van der Waals surface area contributed by atoms with E-state index in [0.29, 0.717) is 12.8 Å². The number of hydrogen-bond donors (Lipinski definition) is 0. The normalized spacial score (nSPS) is 9.75. The number of Topliss-reactive ketones (excluding diaryl/α,β-unsaturated/α-hetero) is 1. The Morgan fingerprint density at radius 2 is 1.92 bits per heavy atom. The zero-order valence-corrected chi connectivity index (χ0v) is 7.77. The summed E-state index contributed by atoms with van der Waals surface area (Å²) in [5.41, 5.74) is 0. The average Bonchev–Trinajstić information content (AvgIpc) is 2.09. The van der Waals surface area contributed by atoms with E-state index in [9.17, 15) is 9.59 Å². The van der Waals surface area contributed by atoms with Crippen molar-refractivity contribution in [2.75, 3.05) is 0 Å². The van der Waals surface area contributed by atoms with E-state index in [1.54, 1.807) is 6.29 Å². The summed E-state index contributed by atoms with van der Waals surface area (Å²) in [6, 6.07) is 0. The highest BCUT2D eigenvalue weighted by Crippen LogP contribution is 2.04. The molecule has 0 atom stereocenters. The van der Waals surface area contributed by atoms with Gasteiger partial charge in [-0.15, -0.1) is 0 Å². The molecule has 2 nitrogen and oxygen atoms in total. The van der Waals surface area contributed by atoms with Crippen LogP contribution in [0.15, 0.2) is 0 Å². The molecule has 0 rings (SSSR count). The largest absolute Gasteiger partial charge is 0.300 e. The molecule has 0 fully saturated rings. The third-order valence-corrected chi connectivity index (χ3v) is 1.82. The molecular formula is C10H17O2. The van der Waals surface area contributed by atoms with Crippen LogP contribution in [-0.2, 0) is 9.59 Å². The lowest BCUT2D eigenvalue weighted by molar-refractivity contribution is -0.119. The number of rotatable bonds is 8. The summed E-state index contributed by atoms with van der Waals surface area (Å²) in [5, 5.41) is 0. The molecule has 0 aliphatic carbocycles. The van der Waals surface area contributed by atoms with Gasteiger partial charge in [0, 0.05) is 19.3 Å². The van der Waals surface area contributed by atoms with Gasteiger partial charge in [-0.3, -0.25) is 9.59 Å². The lowest BCUT2D eigenvalue weighted by Gasteiger charge is -1.97. The Hall–Kier alpha value is -0.660. The summed E-state index contributed by atoms with van der Waals surface area (Å²) in [7, 11) is 0. The van der Waals surface area contributed by atoms with E-state index in [2.05, 4.69) is 6.92 Å². The lowest BCUT2D eigenvalue weighted by Crippen LogP contribution is -1.97. The zero-order chi connectivity index (χ0) is 9.23. The third-order valence-electron chi connectivity index (χ3n) is 1.82. The van der Waals surface area contributed by atoms with E-state index in [-0.39, 0.29) is 12.2 Å². The number of ketones is 1. The van der Waals surface area contributed by atoms with Crippen molar-refractivity contribution in [3.05, 3.63) is 0 Å². The number of unbranched alkanes of at least 4 members (excludes halogenated alkanes) is 3. The second kappa shape index (κ2) is 8.44. The van der Waals surface area contributed by atoms with Crippen LogP contribution >= 0.6 is 0 Å². The maximum atomic E-state index is 11.0. The van der Waals surface area contributed by atoms with Crippen molar-refractivity contribution in [1.82, 2.24) is 0 Å². The van der Waals surface area contributed by atoms with Crippen molar-refractivity contribution in [3.63, 3.8) is 0 Å². The fourth-order valence-electron chi connectivity index (χ4n) is 1.06. The van der Waals surface area contributed by atoms with Crippen LogP contribution in [0.5, 0.6) is 0 Å². The Morgan fingerprint density at radius 1 is 1.17 bits per heavy atom. The lowest BCUT2D eigenvalue weighted by atomic mass is 10.1. The predicted molar refractivity (Wildman–Crippen MR) is 48.7 cm³/mol. The molecule has 0 amide bonds. The van der Waals surface area contributed by atoms with Crippen molar-refractivity contribution >= 4 is 12.1 Å². The van der Waals surface area contributed by atoms with E-state index in [0.717, 1.165) is 12.8 Å². The molecule has 1 radical (unpaired) electrons. The molecule has 0 aliphatic rings. The van der Waals surface area contributed by atoms with E-state index in [1.807, 2.05) is 0 Å². The molecule has 0 aromatic heterocycles. The second-order valence-electron chi connectivity index (χ2n) is 2.99. The standard InChI is InChI=1S/C10H17O2/c1-2-3-4-5-7-10(12)8-6-9-11/h2-8H2,1H3. The van der Waals surface area contributed by atoms with Gasteiger partial charge in [-0.05, 0) is 6.42 Å². The quantitative estimate of drug-likeness (QED) is 0.523. The van der Waals surface area contributed by atoms with Crippen LogP contribution in [0, 0.1) is 0 Å². The topological polar surface area (TPSA) is 34.1 Å². The average molecular weight is 169 g/mol. The predicted octanol–water partition coefficient (Wildman–Crippen LogP) is 2.42. The number of carbonyl (C=O) groups excluding carboxylic acids is 2. The van der Waals surface area contributed by atoms with Crippen LogP contribution in [0.2, 0.25) is 0 Å². The van der Waals surface area contributed by atoms with Gasteiger partial charge in [0.05, 0.1) is 0 Å². The zero-order valence-electron chi connectivity index (χ0n) is 7.77. The molecule has 2 heteroatoms. The van der Waals surface area contributed by atoms with Gasteiger partial charge < -0.3 is 0 Å². The molecule has 0 spiro atoms. The summed E-state index contributed by atoms with van der Waals surface area (Å²) in [6.07, 6.45) is 7.53. The van der Waals surface area contributed by atoms with Gasteiger partial charge in [0.25, 0.3) is 0 Å². The summed E-state index contributed by atoms with van der Waals surface area (Å²) < 4.78 is 0. The maximum absolute atomic E-state index is 11.0. The SMILES string of the molecule is CCCCCCC(=O)CC[C]=O. The Morgan fingerprint density at radius 3 is 2.50 bits per heavy atom. The first-order chi connectivity index (χ1) is 5.81. The molecule has 0 saturated carbocycles. The van der Waals surface area contributed by atoms with Crippen LogP contribution in [0.25, 0.3) is 0 Å². The van der Waals surface area contributed by atoms with Gasteiger partial charge in [0.1, 0.15) is 5.78 Å². The highest BCUT2D eigenvalue weighted by atomic mass is 16.1. The first-order valence-electron chi connectivity index (χ1n) is 4.68. The number of carbonyl (C=O) groups is 1. The van der Waals surface area contributed by atoms with Gasteiger partial charge in [0.15, 0.2) is 6.29 Å². The fraction of sp³-hybridized carbons (Fsp3) is 0.800. The molecule has 0 aromatic rings. The highest BCUT2D eigenvalue weighted by Gasteiger charge is 2.00. The molecule has 0 aromatic carbocycles. The molecular weight excluding hydrogens is 152 g/mol. The van der Waals surface area contributed by atoms with E-state index >= 15 is 0 Å². The van der Waals surface area contributed by atoms with E-state index in [1.165, 1.54) is 12.8 Å². The van der Waals surface area contributed by atoms with Gasteiger partial charge in [-0.2, -0.15) is 0 Å². The minimum atomic E-state index is 0.203. The van der Waals surface area contributed by atoms with Crippen LogP contribution in [0.1, 0.15) is 51.9 Å². The number of hydrogen-bond acceptors (Lipinski definition) is 2. The molecule has 0 saturated heterocycles. The van der Waals surface area contributed by atoms with Gasteiger partial charge in [-0.25, -0.2) is 0 Å². The third kappa shape index (κ3) is 7.45. The summed E-state index contributed by atoms with van der Waals surface area (Å²) >= 11 is 0. The molecule has 0 heterocycles. The van der Waals surface area contributed by atoms with Crippen molar-refractivity contribution in [2.45, 2.75) is 51.9 Å². The first-order valence-corrected chi connectivity index (χ1v) is 4.68. The van der Waals surface area contributed by atoms with Crippen molar-refractivity contribution in [2.24, 2.45) is 0 Å². The Kier molecular flexibility index (Phi) is 7.97. The summed E-state index contributed by atoms with van der Waals surface area (Å²) in [4.78, 5) is 20.8. The molecule has 0 unspecified atom stereocenters. The van der Waals surface area contributed by atoms with Crippen molar-refractivity contribution in [3.8, 4) is 0 Å². The van der Waals surface area contributed by atoms with Crippen LogP contribution in [-0.4, -0.2) is 12.1 Å². The van der Waals surface area contributed by atoms with Gasteiger partial charge >= 0.3 is 0 Å². The Labute approximate surface area is 74.3 Å². The first kappa shape index (κ1) is 11.3. The van der Waals surface area contributed by atoms with E-state index < -0.39 is 0 Å². The van der Waals surface area contributed by atoms with E-state index in [4.69, 9.17) is 0 Å². The monoisotopic (exact) mass is 169 g/mol. The summed E-state index contributed by atoms with van der Waals surface area (Å²) in [6.45, 7) is 2.14. The summed E-state index contributed by atoms with van der Waals surface area (Å²) in [5.74, 6) is 0.203. The maximum Gasteiger partial charge on any atom is 0.198 e. The molecule has 0 aliphatic heterocycles. The smallest absolute Gasteiger partial charge is 0.198 e. The molecule has 0 bridgehead atoms. The molecule has 0 N–H and O–H groups in total. The van der Waals surface area contributed by atoms with Crippen LogP contribution < -0.4 is 0 Å². The molecule has 69 valence electrons. The Balaban J connectivity index is 3.13. The van der Waals surface area contributed by atoms with Crippen molar-refractivity contribution < 1.29 is 9.59 Å². The molecule has 12 heavy (non-hydrogen) atoms. The Bertz CT molecular complexity index is 130. The van der Waals surface area contributed by atoms with Gasteiger partial charge in [-0.1, -0.05) is 26.2 Å². The van der Waals surface area contributed by atoms with Crippen LogP contribution in [0.3, 0.4) is 0 Å². The minimum absolute atomic E-state index is 0.203. The van der Waals surface area contributed by atoms with Crippen LogP contribution in [0.4, 0.5) is 0 Å². The highest BCUT2D eigenvalue weighted by molar-refractivity contribution is 5.80.